The molecule has 1 aliphatic heterocycles. The molecule has 0 fully saturated rings. The Morgan fingerprint density at radius 2 is 1.67 bits per heavy atom. The van der Waals surface area contributed by atoms with E-state index in [1.54, 1.807) is 24.3 Å². The van der Waals surface area contributed by atoms with Crippen molar-refractivity contribution in [2.24, 2.45) is 0 Å². The minimum Gasteiger partial charge on any atom is -0.320 e. The Morgan fingerprint density at radius 3 is 2.33 bits per heavy atom. The number of halogens is 1. The summed E-state index contributed by atoms with van der Waals surface area (Å²) in [5, 5.41) is 3.66. The number of unbranched alkanes of at least 4 members (excludes halogenated alkanes) is 1. The van der Waals surface area contributed by atoms with Crippen LogP contribution in [0.1, 0.15) is 12.8 Å². The van der Waals surface area contributed by atoms with E-state index < -0.39 is 10.2 Å². The molecule has 1 N–H and O–H groups in total. The molecular formula is C17H20ClN3O2S. The van der Waals surface area contributed by atoms with Crippen molar-refractivity contribution < 1.29 is 8.42 Å². The Bertz CT molecular complexity index is 809. The van der Waals surface area contributed by atoms with Crippen LogP contribution in [0.3, 0.4) is 0 Å². The van der Waals surface area contributed by atoms with Gasteiger partial charge in [-0.1, -0.05) is 23.7 Å². The third-order valence-electron chi connectivity index (χ3n) is 3.98. The standard InChI is InChI=1S/C17H20ClN3O2S/c1-19-12-4-5-13-20-16-6-2-3-7-17(16)21(24(20,22)23)15-10-8-14(18)9-11-15/h2-3,6-11,19H,4-5,12-13H2,1H3. The predicted octanol–water partition coefficient (Wildman–Crippen LogP) is 3.54. The number of benzene rings is 2. The van der Waals surface area contributed by atoms with Crippen molar-refractivity contribution in [1.82, 2.24) is 5.32 Å². The lowest BCUT2D eigenvalue weighted by molar-refractivity contribution is 0.590. The van der Waals surface area contributed by atoms with E-state index in [1.165, 1.54) is 8.61 Å². The fourth-order valence-electron chi connectivity index (χ4n) is 2.84. The largest absolute Gasteiger partial charge is 0.330 e. The molecule has 2 aromatic carbocycles. The van der Waals surface area contributed by atoms with Crippen molar-refractivity contribution in [1.29, 1.82) is 0 Å². The molecular weight excluding hydrogens is 346 g/mol. The topological polar surface area (TPSA) is 52.6 Å². The lowest BCUT2D eigenvalue weighted by Crippen LogP contribution is -2.36. The molecule has 5 nitrogen and oxygen atoms in total. The zero-order valence-corrected chi connectivity index (χ0v) is 15.0. The van der Waals surface area contributed by atoms with Crippen LogP contribution >= 0.6 is 11.6 Å². The number of rotatable bonds is 6. The molecule has 0 spiro atoms. The second kappa shape index (κ2) is 7.01. The van der Waals surface area contributed by atoms with Crippen molar-refractivity contribution in [3.05, 3.63) is 53.6 Å². The van der Waals surface area contributed by atoms with Crippen molar-refractivity contribution in [3.63, 3.8) is 0 Å². The van der Waals surface area contributed by atoms with Gasteiger partial charge >= 0.3 is 10.2 Å². The molecule has 1 heterocycles. The van der Waals surface area contributed by atoms with Gasteiger partial charge in [-0.15, -0.1) is 0 Å². The first-order chi connectivity index (χ1) is 11.6. The third kappa shape index (κ3) is 3.09. The molecule has 0 aromatic heterocycles. The Labute approximate surface area is 148 Å². The summed E-state index contributed by atoms with van der Waals surface area (Å²) in [7, 11) is -1.74. The van der Waals surface area contributed by atoms with Gasteiger partial charge in [-0.2, -0.15) is 8.42 Å². The zero-order valence-electron chi connectivity index (χ0n) is 13.4. The Balaban J connectivity index is 1.97. The number of fused-ring (bicyclic) bond motifs is 1. The Morgan fingerprint density at radius 1 is 1.00 bits per heavy atom. The van der Waals surface area contributed by atoms with Gasteiger partial charge in [0.1, 0.15) is 0 Å². The van der Waals surface area contributed by atoms with Gasteiger partial charge in [0.25, 0.3) is 0 Å². The highest BCUT2D eigenvalue weighted by Gasteiger charge is 2.40. The van der Waals surface area contributed by atoms with Crippen LogP contribution in [0.25, 0.3) is 0 Å². The van der Waals surface area contributed by atoms with Crippen LogP contribution in [0.5, 0.6) is 0 Å². The molecule has 0 amide bonds. The van der Waals surface area contributed by atoms with Gasteiger partial charge in [-0.25, -0.2) is 4.31 Å². The number of hydrogen-bond acceptors (Lipinski definition) is 3. The summed E-state index contributed by atoms with van der Waals surface area (Å²) in [6.45, 7) is 1.33. The average molecular weight is 366 g/mol. The highest BCUT2D eigenvalue weighted by molar-refractivity contribution is 7.95. The summed E-state index contributed by atoms with van der Waals surface area (Å²) in [6.07, 6.45) is 1.72. The number of anilines is 3. The van der Waals surface area contributed by atoms with Crippen LogP contribution in [0, 0.1) is 0 Å². The summed E-state index contributed by atoms with van der Waals surface area (Å²) in [5.74, 6) is 0. The molecule has 128 valence electrons. The number of nitrogens with one attached hydrogen (secondary N) is 1. The molecule has 0 saturated carbocycles. The van der Waals surface area contributed by atoms with E-state index in [-0.39, 0.29) is 0 Å². The normalized spacial score (nSPS) is 15.6. The van der Waals surface area contributed by atoms with Crippen LogP contribution in [0.2, 0.25) is 5.02 Å². The van der Waals surface area contributed by atoms with E-state index in [2.05, 4.69) is 5.32 Å². The summed E-state index contributed by atoms with van der Waals surface area (Å²) in [6, 6.07) is 14.2. The minimum absolute atomic E-state index is 0.463. The van der Waals surface area contributed by atoms with Crippen LogP contribution < -0.4 is 13.9 Å². The molecule has 7 heteroatoms. The molecule has 0 bridgehead atoms. The maximum absolute atomic E-state index is 13.1. The highest BCUT2D eigenvalue weighted by atomic mass is 35.5. The summed E-state index contributed by atoms with van der Waals surface area (Å²) in [4.78, 5) is 0. The van der Waals surface area contributed by atoms with Crippen molar-refractivity contribution in [2.45, 2.75) is 12.8 Å². The second-order valence-corrected chi connectivity index (χ2v) is 7.76. The van der Waals surface area contributed by atoms with E-state index in [0.717, 1.165) is 25.1 Å². The molecule has 0 radical (unpaired) electrons. The fourth-order valence-corrected chi connectivity index (χ4v) is 4.71. The van der Waals surface area contributed by atoms with Gasteiger partial charge in [-0.3, -0.25) is 4.31 Å². The Kier molecular flexibility index (Phi) is 4.99. The number of hydrogen-bond donors (Lipinski definition) is 1. The molecule has 24 heavy (non-hydrogen) atoms. The Hall–Kier alpha value is -1.76. The van der Waals surface area contributed by atoms with Crippen LogP contribution in [0.15, 0.2) is 48.5 Å². The smallest absolute Gasteiger partial charge is 0.320 e. The predicted molar refractivity (Wildman–Crippen MR) is 99.5 cm³/mol. The number of nitrogens with zero attached hydrogens (tertiary/aromatic N) is 2. The summed E-state index contributed by atoms with van der Waals surface area (Å²) < 4.78 is 29.1. The van der Waals surface area contributed by atoms with Crippen molar-refractivity contribution in [2.75, 3.05) is 28.7 Å². The van der Waals surface area contributed by atoms with Crippen molar-refractivity contribution >= 4 is 38.9 Å². The zero-order chi connectivity index (χ0) is 17.2. The summed E-state index contributed by atoms with van der Waals surface area (Å²) in [5.41, 5.74) is 1.98. The van der Waals surface area contributed by atoms with Crippen LogP contribution in [-0.2, 0) is 10.2 Å². The van der Waals surface area contributed by atoms with Gasteiger partial charge in [0, 0.05) is 11.6 Å². The summed E-state index contributed by atoms with van der Waals surface area (Å²) >= 11 is 5.93. The quantitative estimate of drug-likeness (QED) is 0.796. The molecule has 0 atom stereocenters. The first-order valence-electron chi connectivity index (χ1n) is 7.88. The SMILES string of the molecule is CNCCCCN1c2ccccc2N(c2ccc(Cl)cc2)S1(=O)=O. The molecule has 2 aromatic rings. The van der Waals surface area contributed by atoms with E-state index in [0.29, 0.717) is 22.9 Å². The monoisotopic (exact) mass is 365 g/mol. The molecule has 3 rings (SSSR count). The maximum Gasteiger partial charge on any atom is 0.330 e. The van der Waals surface area contributed by atoms with Crippen LogP contribution in [0.4, 0.5) is 17.1 Å². The first kappa shape index (κ1) is 17.1. The maximum atomic E-state index is 13.1. The first-order valence-corrected chi connectivity index (χ1v) is 9.65. The highest BCUT2D eigenvalue weighted by Crippen LogP contribution is 2.45. The lowest BCUT2D eigenvalue weighted by Gasteiger charge is -2.21. The van der Waals surface area contributed by atoms with Gasteiger partial charge in [-0.05, 0) is 62.8 Å². The lowest BCUT2D eigenvalue weighted by atomic mass is 10.2. The third-order valence-corrected chi connectivity index (χ3v) is 6.03. The minimum atomic E-state index is -3.64. The molecule has 1 aliphatic rings. The van der Waals surface area contributed by atoms with E-state index in [1.807, 2.05) is 31.3 Å². The van der Waals surface area contributed by atoms with Gasteiger partial charge in [0.05, 0.1) is 17.1 Å². The number of para-hydroxylation sites is 2. The van der Waals surface area contributed by atoms with Gasteiger partial charge < -0.3 is 5.32 Å². The van der Waals surface area contributed by atoms with Crippen LogP contribution in [-0.4, -0.2) is 28.6 Å². The van der Waals surface area contributed by atoms with Crippen molar-refractivity contribution in [3.8, 4) is 0 Å². The van der Waals surface area contributed by atoms with Gasteiger partial charge in [0.15, 0.2) is 0 Å². The molecule has 0 saturated heterocycles. The van der Waals surface area contributed by atoms with E-state index in [4.69, 9.17) is 11.6 Å². The molecule has 0 unspecified atom stereocenters. The fraction of sp³-hybridized carbons (Fsp3) is 0.294. The molecule has 0 aliphatic carbocycles. The average Bonchev–Trinajstić information content (AvgIpc) is 2.79. The van der Waals surface area contributed by atoms with E-state index >= 15 is 0 Å². The second-order valence-electron chi connectivity index (χ2n) is 5.62. The van der Waals surface area contributed by atoms with Gasteiger partial charge in [0.2, 0.25) is 0 Å². The van der Waals surface area contributed by atoms with E-state index in [9.17, 15) is 8.42 Å².